The Balaban J connectivity index is 1.75. The van der Waals surface area contributed by atoms with E-state index in [1.54, 1.807) is 30.1 Å². The maximum atomic E-state index is 13.8. The Bertz CT molecular complexity index is 1210. The minimum Gasteiger partial charge on any atom is -0.495 e. The van der Waals surface area contributed by atoms with Crippen molar-refractivity contribution >= 4 is 16.7 Å². The van der Waals surface area contributed by atoms with Gasteiger partial charge in [0.2, 0.25) is 5.91 Å². The monoisotopic (exact) mass is 446 g/mol. The van der Waals surface area contributed by atoms with Crippen LogP contribution in [0.25, 0.3) is 10.8 Å². The second-order valence-electron chi connectivity index (χ2n) is 8.61. The molecule has 4 rings (SSSR count). The van der Waals surface area contributed by atoms with Crippen LogP contribution in [0.2, 0.25) is 0 Å². The van der Waals surface area contributed by atoms with Gasteiger partial charge in [-0.15, -0.1) is 0 Å². The fourth-order valence-electron chi connectivity index (χ4n) is 4.76. The Morgan fingerprint density at radius 2 is 2.03 bits per heavy atom. The second kappa shape index (κ2) is 9.18. The van der Waals surface area contributed by atoms with E-state index in [4.69, 9.17) is 10.5 Å². The quantitative estimate of drug-likeness (QED) is 0.606. The zero-order valence-corrected chi connectivity index (χ0v) is 18.8. The number of halogens is 1. The number of nitriles is 1. The SMILES string of the molecule is COc1c(C#N)cc2ccccc2c1CN(C)C(=O)C(c1ccc(F)cc1)[C@@]1(N)CCNC1. The number of carbonyl (C=O) groups is 1. The van der Waals surface area contributed by atoms with E-state index in [1.807, 2.05) is 24.3 Å². The Hall–Kier alpha value is -3.47. The summed E-state index contributed by atoms with van der Waals surface area (Å²) in [6.45, 7) is 1.44. The van der Waals surface area contributed by atoms with Crippen LogP contribution in [0.3, 0.4) is 0 Å². The van der Waals surface area contributed by atoms with E-state index in [1.165, 1.54) is 19.2 Å². The van der Waals surface area contributed by atoms with Gasteiger partial charge in [0.15, 0.2) is 0 Å². The summed E-state index contributed by atoms with van der Waals surface area (Å²) in [5.74, 6) is -0.714. The molecular formula is C26H27FN4O2. The smallest absolute Gasteiger partial charge is 0.232 e. The molecule has 170 valence electrons. The number of methoxy groups -OCH3 is 1. The number of nitrogens with two attached hydrogens (primary N) is 1. The Morgan fingerprint density at radius 3 is 2.67 bits per heavy atom. The molecule has 3 N–H and O–H groups in total. The third kappa shape index (κ3) is 4.28. The molecule has 1 amide bonds. The second-order valence-corrected chi connectivity index (χ2v) is 8.61. The molecule has 1 aliphatic rings. The molecule has 3 aromatic carbocycles. The van der Waals surface area contributed by atoms with E-state index < -0.39 is 11.5 Å². The summed E-state index contributed by atoms with van der Waals surface area (Å²) < 4.78 is 19.2. The molecule has 0 spiro atoms. The summed E-state index contributed by atoms with van der Waals surface area (Å²) in [6, 6.07) is 17.7. The van der Waals surface area contributed by atoms with Crippen molar-refractivity contribution in [3.63, 3.8) is 0 Å². The molecule has 1 aliphatic heterocycles. The number of fused-ring (bicyclic) bond motifs is 1. The van der Waals surface area contributed by atoms with Crippen molar-refractivity contribution < 1.29 is 13.9 Å². The molecule has 2 atom stereocenters. The highest BCUT2D eigenvalue weighted by molar-refractivity contribution is 5.91. The molecule has 1 heterocycles. The first kappa shape index (κ1) is 22.7. The van der Waals surface area contributed by atoms with E-state index >= 15 is 0 Å². The lowest BCUT2D eigenvalue weighted by Crippen LogP contribution is -2.53. The summed E-state index contributed by atoms with van der Waals surface area (Å²) in [6.07, 6.45) is 0.630. The summed E-state index contributed by atoms with van der Waals surface area (Å²) in [5, 5.41) is 14.7. The minimum atomic E-state index is -0.788. The van der Waals surface area contributed by atoms with Crippen molar-refractivity contribution in [1.29, 1.82) is 5.26 Å². The van der Waals surface area contributed by atoms with Gasteiger partial charge in [0, 0.05) is 31.2 Å². The third-order valence-electron chi connectivity index (χ3n) is 6.45. The molecule has 1 fully saturated rings. The third-order valence-corrected chi connectivity index (χ3v) is 6.45. The van der Waals surface area contributed by atoms with Crippen LogP contribution in [0.4, 0.5) is 4.39 Å². The summed E-state index contributed by atoms with van der Waals surface area (Å²) in [4.78, 5) is 15.5. The zero-order chi connectivity index (χ0) is 23.6. The number of hydrogen-bond acceptors (Lipinski definition) is 5. The lowest BCUT2D eigenvalue weighted by molar-refractivity contribution is -0.133. The number of benzene rings is 3. The van der Waals surface area contributed by atoms with Crippen LogP contribution in [-0.4, -0.2) is 43.6 Å². The number of nitrogens with one attached hydrogen (secondary N) is 1. The predicted octanol–water partition coefficient (Wildman–Crippen LogP) is 3.29. The van der Waals surface area contributed by atoms with E-state index in [0.717, 1.165) is 16.3 Å². The normalized spacial score (nSPS) is 18.6. The van der Waals surface area contributed by atoms with Crippen molar-refractivity contribution in [3.8, 4) is 11.8 Å². The van der Waals surface area contributed by atoms with E-state index in [2.05, 4.69) is 11.4 Å². The van der Waals surface area contributed by atoms with Crippen LogP contribution in [0.5, 0.6) is 5.75 Å². The van der Waals surface area contributed by atoms with Crippen LogP contribution < -0.4 is 15.8 Å². The van der Waals surface area contributed by atoms with Crippen molar-refractivity contribution in [1.82, 2.24) is 10.2 Å². The maximum Gasteiger partial charge on any atom is 0.232 e. The number of nitrogens with zero attached hydrogens (tertiary/aromatic N) is 2. The molecular weight excluding hydrogens is 419 g/mol. The van der Waals surface area contributed by atoms with Crippen LogP contribution in [-0.2, 0) is 11.3 Å². The molecule has 6 nitrogen and oxygen atoms in total. The molecule has 7 heteroatoms. The van der Waals surface area contributed by atoms with Gasteiger partial charge < -0.3 is 20.7 Å². The predicted molar refractivity (Wildman–Crippen MR) is 125 cm³/mol. The first-order chi connectivity index (χ1) is 15.9. The molecule has 0 aliphatic carbocycles. The first-order valence-electron chi connectivity index (χ1n) is 10.9. The van der Waals surface area contributed by atoms with Crippen LogP contribution in [0, 0.1) is 17.1 Å². The minimum absolute atomic E-state index is 0.165. The van der Waals surface area contributed by atoms with E-state index in [0.29, 0.717) is 36.4 Å². The van der Waals surface area contributed by atoms with Crippen LogP contribution in [0.15, 0.2) is 54.6 Å². The lowest BCUT2D eigenvalue weighted by atomic mass is 9.78. The Morgan fingerprint density at radius 1 is 1.30 bits per heavy atom. The van der Waals surface area contributed by atoms with Gasteiger partial charge in [-0.25, -0.2) is 4.39 Å². The average Bonchev–Trinajstić information content (AvgIpc) is 3.26. The summed E-state index contributed by atoms with van der Waals surface area (Å²) in [7, 11) is 3.24. The number of rotatable bonds is 6. The maximum absolute atomic E-state index is 13.8. The molecule has 0 saturated carbocycles. The number of amides is 1. The Kier molecular flexibility index (Phi) is 6.32. The average molecular weight is 447 g/mol. The molecule has 0 aromatic heterocycles. The summed E-state index contributed by atoms with van der Waals surface area (Å²) >= 11 is 0. The van der Waals surface area contributed by atoms with E-state index in [9.17, 15) is 14.4 Å². The Labute approximate surface area is 192 Å². The summed E-state index contributed by atoms with van der Waals surface area (Å²) in [5.41, 5.74) is 7.80. The molecule has 0 bridgehead atoms. The van der Waals surface area contributed by atoms with E-state index in [-0.39, 0.29) is 18.3 Å². The fraction of sp³-hybridized carbons (Fsp3) is 0.308. The van der Waals surface area contributed by atoms with Gasteiger partial charge in [0.1, 0.15) is 17.6 Å². The number of ether oxygens (including phenoxy) is 1. The van der Waals surface area contributed by atoms with Gasteiger partial charge in [-0.3, -0.25) is 4.79 Å². The van der Waals surface area contributed by atoms with Crippen molar-refractivity contribution in [2.45, 2.75) is 24.4 Å². The highest BCUT2D eigenvalue weighted by atomic mass is 19.1. The topological polar surface area (TPSA) is 91.4 Å². The molecule has 33 heavy (non-hydrogen) atoms. The molecule has 0 radical (unpaired) electrons. The molecule has 1 unspecified atom stereocenters. The van der Waals surface area contributed by atoms with Crippen LogP contribution >= 0.6 is 0 Å². The van der Waals surface area contributed by atoms with Crippen LogP contribution in [0.1, 0.15) is 29.0 Å². The first-order valence-corrected chi connectivity index (χ1v) is 10.9. The lowest BCUT2D eigenvalue weighted by Gasteiger charge is -2.35. The standard InChI is InChI=1S/C26H27FN4O2/c1-31(15-22-21-6-4-3-5-18(21)13-19(14-28)24(22)33-2)25(32)23(26(29)11-12-30-16-26)17-7-9-20(27)10-8-17/h3-10,13,23,30H,11-12,15-16,29H2,1-2H3/t23?,26-/m1/s1. The number of carbonyl (C=O) groups excluding carboxylic acids is 1. The highest BCUT2D eigenvalue weighted by Gasteiger charge is 2.44. The zero-order valence-electron chi connectivity index (χ0n) is 18.8. The van der Waals surface area contributed by atoms with Gasteiger partial charge in [-0.1, -0.05) is 36.4 Å². The largest absolute Gasteiger partial charge is 0.495 e. The number of likely N-dealkylation sites (N-methyl/N-ethyl adjacent to an activating group) is 1. The van der Waals surface area contributed by atoms with Crippen molar-refractivity contribution in [2.24, 2.45) is 5.73 Å². The van der Waals surface area contributed by atoms with Gasteiger partial charge in [-0.05, 0) is 47.5 Å². The van der Waals surface area contributed by atoms with Crippen molar-refractivity contribution in [2.75, 3.05) is 27.2 Å². The van der Waals surface area contributed by atoms with Gasteiger partial charge in [0.25, 0.3) is 0 Å². The van der Waals surface area contributed by atoms with Gasteiger partial charge in [0.05, 0.1) is 18.6 Å². The molecule has 3 aromatic rings. The highest BCUT2D eigenvalue weighted by Crippen LogP contribution is 2.36. The van der Waals surface area contributed by atoms with Gasteiger partial charge >= 0.3 is 0 Å². The molecule has 1 saturated heterocycles. The number of hydrogen-bond donors (Lipinski definition) is 2. The fourth-order valence-corrected chi connectivity index (χ4v) is 4.76. The van der Waals surface area contributed by atoms with Gasteiger partial charge in [-0.2, -0.15) is 5.26 Å². The van der Waals surface area contributed by atoms with Crippen molar-refractivity contribution in [3.05, 3.63) is 77.1 Å².